The Morgan fingerprint density at radius 3 is 2.65 bits per heavy atom. The third kappa shape index (κ3) is 4.27. The van der Waals surface area contributed by atoms with Crippen LogP contribution >= 0.6 is 11.6 Å². The summed E-state index contributed by atoms with van der Waals surface area (Å²) < 4.78 is 11.1. The summed E-state index contributed by atoms with van der Waals surface area (Å²) in [6.07, 6.45) is 3.67. The molecule has 1 N–H and O–H groups in total. The molecule has 7 nitrogen and oxygen atoms in total. The van der Waals surface area contributed by atoms with Crippen LogP contribution in [0.4, 0.5) is 11.8 Å². The van der Waals surface area contributed by atoms with E-state index in [0.717, 1.165) is 49.6 Å². The monoisotopic (exact) mass is 377 g/mol. The number of rotatable bonds is 6. The van der Waals surface area contributed by atoms with Gasteiger partial charge in [0.15, 0.2) is 0 Å². The second kappa shape index (κ2) is 8.40. The molecular formula is C18H24ClN5O2. The van der Waals surface area contributed by atoms with Crippen molar-refractivity contribution in [1.82, 2.24) is 15.0 Å². The third-order valence-electron chi connectivity index (χ3n) is 4.36. The number of aromatic nitrogens is 3. The van der Waals surface area contributed by atoms with Crippen LogP contribution in [0.1, 0.15) is 25.3 Å². The zero-order valence-electron chi connectivity index (χ0n) is 15.3. The summed E-state index contributed by atoms with van der Waals surface area (Å²) in [6.45, 7) is 6.43. The van der Waals surface area contributed by atoms with Gasteiger partial charge in [-0.2, -0.15) is 4.98 Å². The van der Waals surface area contributed by atoms with Crippen molar-refractivity contribution in [3.8, 4) is 11.6 Å². The molecule has 0 spiro atoms. The first-order valence-corrected chi connectivity index (χ1v) is 9.18. The number of nitrogens with zero attached hydrogens (tertiary/aromatic N) is 4. The van der Waals surface area contributed by atoms with Gasteiger partial charge >= 0.3 is 0 Å². The molecule has 2 aromatic heterocycles. The highest BCUT2D eigenvalue weighted by atomic mass is 35.5. The number of nitrogens with one attached hydrogen (secondary N) is 1. The maximum absolute atomic E-state index is 6.27. The summed E-state index contributed by atoms with van der Waals surface area (Å²) in [4.78, 5) is 15.3. The maximum atomic E-state index is 6.27. The van der Waals surface area contributed by atoms with Crippen molar-refractivity contribution in [3.63, 3.8) is 0 Å². The Labute approximate surface area is 158 Å². The van der Waals surface area contributed by atoms with Crippen LogP contribution in [-0.2, 0) is 0 Å². The second-order valence-corrected chi connectivity index (χ2v) is 6.52. The molecule has 0 aliphatic carbocycles. The van der Waals surface area contributed by atoms with Gasteiger partial charge in [0.2, 0.25) is 11.8 Å². The van der Waals surface area contributed by atoms with Gasteiger partial charge in [0.05, 0.1) is 13.3 Å². The fourth-order valence-electron chi connectivity index (χ4n) is 2.96. The molecule has 0 saturated carbocycles. The van der Waals surface area contributed by atoms with Gasteiger partial charge in [-0.3, -0.25) is 0 Å². The zero-order valence-corrected chi connectivity index (χ0v) is 16.1. The minimum absolute atomic E-state index is 0.160. The summed E-state index contributed by atoms with van der Waals surface area (Å²) >= 11 is 6.27. The molecule has 1 aliphatic rings. The topological polar surface area (TPSA) is 72.4 Å². The van der Waals surface area contributed by atoms with Gasteiger partial charge in [-0.1, -0.05) is 11.6 Å². The molecule has 3 heterocycles. The Balaban J connectivity index is 1.62. The highest BCUT2D eigenvalue weighted by molar-refractivity contribution is 6.30. The molecule has 0 unspecified atom stereocenters. The lowest BCUT2D eigenvalue weighted by Crippen LogP contribution is -2.39. The van der Waals surface area contributed by atoms with Crippen LogP contribution in [0.2, 0.25) is 5.15 Å². The molecule has 2 aromatic rings. The molecule has 1 saturated heterocycles. The van der Waals surface area contributed by atoms with Crippen molar-refractivity contribution >= 4 is 23.4 Å². The maximum Gasteiger partial charge on any atom is 0.226 e. The first-order chi connectivity index (χ1) is 12.6. The smallest absolute Gasteiger partial charge is 0.226 e. The highest BCUT2D eigenvalue weighted by Crippen LogP contribution is 2.28. The average Bonchev–Trinajstić information content (AvgIpc) is 2.66. The van der Waals surface area contributed by atoms with E-state index in [4.69, 9.17) is 21.1 Å². The molecule has 0 amide bonds. The van der Waals surface area contributed by atoms with Crippen molar-refractivity contribution in [2.45, 2.75) is 32.8 Å². The van der Waals surface area contributed by atoms with Crippen molar-refractivity contribution in [2.75, 3.05) is 37.0 Å². The minimum atomic E-state index is 0.160. The van der Waals surface area contributed by atoms with Crippen LogP contribution in [0.25, 0.3) is 0 Å². The number of methoxy groups -OCH3 is 1. The van der Waals surface area contributed by atoms with E-state index in [2.05, 4.69) is 25.2 Å². The Hall–Kier alpha value is -2.28. The first kappa shape index (κ1) is 18.5. The van der Waals surface area contributed by atoms with Gasteiger partial charge in [0, 0.05) is 44.1 Å². The van der Waals surface area contributed by atoms with E-state index in [1.807, 2.05) is 19.9 Å². The molecular weight excluding hydrogens is 354 g/mol. The van der Waals surface area contributed by atoms with Crippen LogP contribution < -0.4 is 19.7 Å². The average molecular weight is 378 g/mol. The van der Waals surface area contributed by atoms with Crippen molar-refractivity contribution in [1.29, 1.82) is 0 Å². The molecule has 3 rings (SSSR count). The number of piperidine rings is 1. The summed E-state index contributed by atoms with van der Waals surface area (Å²) in [5, 5.41) is 3.62. The van der Waals surface area contributed by atoms with E-state index in [0.29, 0.717) is 17.0 Å². The summed E-state index contributed by atoms with van der Waals surface area (Å²) in [5.41, 5.74) is 0.909. The van der Waals surface area contributed by atoms with Crippen LogP contribution in [0.5, 0.6) is 11.6 Å². The molecule has 0 atom stereocenters. The standard InChI is InChI=1S/C18H24ClN5O2/c1-4-20-18-22-16(19)12(2)17(23-18)24-9-7-13(8-10-24)26-14-5-6-15(25-3)21-11-14/h5-6,11,13H,4,7-10H2,1-3H3,(H,20,22,23). The van der Waals surface area contributed by atoms with Crippen LogP contribution in [-0.4, -0.2) is 47.8 Å². The fraction of sp³-hybridized carbons (Fsp3) is 0.500. The molecule has 140 valence electrons. The number of halogens is 1. The minimum Gasteiger partial charge on any atom is -0.489 e. The first-order valence-electron chi connectivity index (χ1n) is 8.80. The summed E-state index contributed by atoms with van der Waals surface area (Å²) in [5.74, 6) is 2.81. The van der Waals surface area contributed by atoms with Gasteiger partial charge in [0.1, 0.15) is 22.8 Å². The van der Waals surface area contributed by atoms with Gasteiger partial charge < -0.3 is 19.7 Å². The van der Waals surface area contributed by atoms with Crippen molar-refractivity contribution in [3.05, 3.63) is 29.0 Å². The van der Waals surface area contributed by atoms with E-state index >= 15 is 0 Å². The molecule has 1 aliphatic heterocycles. The van der Waals surface area contributed by atoms with E-state index in [1.165, 1.54) is 0 Å². The lowest BCUT2D eigenvalue weighted by molar-refractivity contribution is 0.170. The quantitative estimate of drug-likeness (QED) is 0.774. The van der Waals surface area contributed by atoms with Crippen LogP contribution in [0.3, 0.4) is 0 Å². The van der Waals surface area contributed by atoms with E-state index in [9.17, 15) is 0 Å². The normalized spacial score (nSPS) is 15.0. The SMILES string of the molecule is CCNc1nc(Cl)c(C)c(N2CCC(Oc3ccc(OC)nc3)CC2)n1. The van der Waals surface area contributed by atoms with Crippen molar-refractivity contribution in [2.24, 2.45) is 0 Å². The molecule has 0 bridgehead atoms. The van der Waals surface area contributed by atoms with Crippen molar-refractivity contribution < 1.29 is 9.47 Å². The Morgan fingerprint density at radius 2 is 2.04 bits per heavy atom. The predicted molar refractivity (Wildman–Crippen MR) is 103 cm³/mol. The van der Waals surface area contributed by atoms with Gasteiger partial charge in [-0.25, -0.2) is 9.97 Å². The summed E-state index contributed by atoms with van der Waals surface area (Å²) in [7, 11) is 1.60. The Bertz CT molecular complexity index is 733. The number of ether oxygens (including phenoxy) is 2. The predicted octanol–water partition coefficient (Wildman–Crippen LogP) is 3.32. The Kier molecular flexibility index (Phi) is 5.98. The lowest BCUT2D eigenvalue weighted by Gasteiger charge is -2.33. The third-order valence-corrected chi connectivity index (χ3v) is 4.73. The van der Waals surface area contributed by atoms with E-state index < -0.39 is 0 Å². The Morgan fingerprint density at radius 1 is 1.27 bits per heavy atom. The summed E-state index contributed by atoms with van der Waals surface area (Å²) in [6, 6.07) is 3.69. The number of pyridine rings is 1. The number of hydrogen-bond donors (Lipinski definition) is 1. The second-order valence-electron chi connectivity index (χ2n) is 6.16. The molecule has 0 radical (unpaired) electrons. The van der Waals surface area contributed by atoms with E-state index in [1.54, 1.807) is 19.4 Å². The molecule has 0 aromatic carbocycles. The zero-order chi connectivity index (χ0) is 18.5. The van der Waals surface area contributed by atoms with E-state index in [-0.39, 0.29) is 6.10 Å². The van der Waals surface area contributed by atoms with Crippen LogP contribution in [0.15, 0.2) is 18.3 Å². The molecule has 26 heavy (non-hydrogen) atoms. The number of anilines is 2. The van der Waals surface area contributed by atoms with Crippen LogP contribution in [0, 0.1) is 6.92 Å². The van der Waals surface area contributed by atoms with Gasteiger partial charge in [-0.05, 0) is 19.9 Å². The van der Waals surface area contributed by atoms with Gasteiger partial charge in [0.25, 0.3) is 0 Å². The van der Waals surface area contributed by atoms with Gasteiger partial charge in [-0.15, -0.1) is 0 Å². The molecule has 8 heteroatoms. The fourth-order valence-corrected chi connectivity index (χ4v) is 3.12. The largest absolute Gasteiger partial charge is 0.489 e. The highest BCUT2D eigenvalue weighted by Gasteiger charge is 2.24. The number of hydrogen-bond acceptors (Lipinski definition) is 7. The lowest BCUT2D eigenvalue weighted by atomic mass is 10.1. The molecule has 1 fully saturated rings.